The molecule has 28 heavy (non-hydrogen) atoms. The van der Waals surface area contributed by atoms with E-state index in [9.17, 15) is 9.59 Å². The average Bonchev–Trinajstić information content (AvgIpc) is 2.98. The standard InChI is InChI=1S/C23H27N3O2/c1-15(2)16-3-5-18(6-4-16)23(28)26-20-7-8-21(26)14-19(13-20)25-22(27)17-9-11-24-12-10-17/h3-6,9-12,15,19-21H,7-8,13-14H2,1-2H3,(H,25,27)/t19?,20-,21+. The van der Waals surface area contributed by atoms with Gasteiger partial charge in [0.25, 0.3) is 11.8 Å². The summed E-state index contributed by atoms with van der Waals surface area (Å²) in [6.45, 7) is 4.31. The van der Waals surface area contributed by atoms with Gasteiger partial charge in [0.15, 0.2) is 0 Å². The molecular weight excluding hydrogens is 350 g/mol. The minimum atomic E-state index is -0.0594. The minimum absolute atomic E-state index is 0.0594. The maximum Gasteiger partial charge on any atom is 0.254 e. The first-order valence-electron chi connectivity index (χ1n) is 10.2. The SMILES string of the molecule is CC(C)c1ccc(C(=O)N2[C@@H]3CC[C@H]2CC(NC(=O)c2ccncc2)C3)cc1. The molecule has 0 aliphatic carbocycles. The fraction of sp³-hybridized carbons (Fsp3) is 0.435. The van der Waals surface area contributed by atoms with Crippen LogP contribution in [-0.4, -0.2) is 39.8 Å². The Morgan fingerprint density at radius 1 is 0.964 bits per heavy atom. The number of aromatic nitrogens is 1. The summed E-state index contributed by atoms with van der Waals surface area (Å²) in [5.74, 6) is 0.526. The quantitative estimate of drug-likeness (QED) is 0.882. The summed E-state index contributed by atoms with van der Waals surface area (Å²) < 4.78 is 0. The lowest BCUT2D eigenvalue weighted by Gasteiger charge is -2.39. The third-order valence-corrected chi connectivity index (χ3v) is 6.07. The molecule has 5 nitrogen and oxygen atoms in total. The largest absolute Gasteiger partial charge is 0.349 e. The van der Waals surface area contributed by atoms with Crippen LogP contribution in [0.4, 0.5) is 0 Å². The van der Waals surface area contributed by atoms with Crippen LogP contribution in [0.25, 0.3) is 0 Å². The molecule has 2 aliphatic rings. The lowest BCUT2D eigenvalue weighted by Crippen LogP contribution is -2.52. The number of benzene rings is 1. The van der Waals surface area contributed by atoms with E-state index in [0.717, 1.165) is 31.2 Å². The van der Waals surface area contributed by atoms with Gasteiger partial charge in [-0.2, -0.15) is 0 Å². The number of carbonyl (C=O) groups is 2. The zero-order chi connectivity index (χ0) is 19.7. The highest BCUT2D eigenvalue weighted by Gasteiger charge is 2.43. The topological polar surface area (TPSA) is 62.3 Å². The molecule has 0 spiro atoms. The van der Waals surface area contributed by atoms with Crippen molar-refractivity contribution in [2.24, 2.45) is 0 Å². The Hall–Kier alpha value is -2.69. The van der Waals surface area contributed by atoms with E-state index in [2.05, 4.69) is 41.2 Å². The third-order valence-electron chi connectivity index (χ3n) is 6.07. The number of pyridine rings is 1. The lowest BCUT2D eigenvalue weighted by molar-refractivity contribution is 0.0549. The van der Waals surface area contributed by atoms with Gasteiger partial charge >= 0.3 is 0 Å². The maximum absolute atomic E-state index is 13.1. The van der Waals surface area contributed by atoms with Crippen LogP contribution in [0.5, 0.6) is 0 Å². The molecule has 0 radical (unpaired) electrons. The van der Waals surface area contributed by atoms with E-state index in [1.807, 2.05) is 12.1 Å². The molecule has 2 aliphatic heterocycles. The van der Waals surface area contributed by atoms with E-state index in [0.29, 0.717) is 11.5 Å². The summed E-state index contributed by atoms with van der Waals surface area (Å²) in [6, 6.07) is 12.0. The Kier molecular flexibility index (Phi) is 5.16. The predicted molar refractivity (Wildman–Crippen MR) is 108 cm³/mol. The van der Waals surface area contributed by atoms with Gasteiger partial charge in [-0.3, -0.25) is 14.6 Å². The molecule has 146 valence electrons. The number of piperidine rings is 1. The molecule has 5 heteroatoms. The highest BCUT2D eigenvalue weighted by atomic mass is 16.2. The van der Waals surface area contributed by atoms with Gasteiger partial charge in [-0.15, -0.1) is 0 Å². The van der Waals surface area contributed by atoms with Crippen LogP contribution >= 0.6 is 0 Å². The van der Waals surface area contributed by atoms with Gasteiger partial charge in [-0.05, 0) is 61.4 Å². The fourth-order valence-corrected chi connectivity index (χ4v) is 4.56. The highest BCUT2D eigenvalue weighted by Crippen LogP contribution is 2.37. The molecule has 2 amide bonds. The van der Waals surface area contributed by atoms with Gasteiger partial charge in [0, 0.05) is 41.6 Å². The summed E-state index contributed by atoms with van der Waals surface area (Å²) in [5.41, 5.74) is 2.64. The normalized spacial score (nSPS) is 23.7. The Morgan fingerprint density at radius 2 is 1.57 bits per heavy atom. The van der Waals surface area contributed by atoms with Crippen molar-refractivity contribution in [3.8, 4) is 0 Å². The Balaban J connectivity index is 1.42. The van der Waals surface area contributed by atoms with Gasteiger partial charge in [-0.1, -0.05) is 26.0 Å². The highest BCUT2D eigenvalue weighted by molar-refractivity contribution is 5.95. The first-order valence-corrected chi connectivity index (χ1v) is 10.2. The van der Waals surface area contributed by atoms with Crippen molar-refractivity contribution in [2.75, 3.05) is 0 Å². The fourth-order valence-electron chi connectivity index (χ4n) is 4.56. The van der Waals surface area contributed by atoms with E-state index in [1.165, 1.54) is 5.56 Å². The summed E-state index contributed by atoms with van der Waals surface area (Å²) in [7, 11) is 0. The second-order valence-corrected chi connectivity index (χ2v) is 8.25. The molecule has 2 fully saturated rings. The van der Waals surface area contributed by atoms with Crippen molar-refractivity contribution in [3.63, 3.8) is 0 Å². The molecule has 1 aromatic carbocycles. The van der Waals surface area contributed by atoms with Gasteiger partial charge in [0.05, 0.1) is 0 Å². The van der Waals surface area contributed by atoms with Crippen molar-refractivity contribution in [2.45, 2.75) is 63.6 Å². The molecule has 4 rings (SSSR count). The predicted octanol–water partition coefficient (Wildman–Crippen LogP) is 3.77. The number of carbonyl (C=O) groups excluding carboxylic acids is 2. The van der Waals surface area contributed by atoms with E-state index in [-0.39, 0.29) is 29.9 Å². The van der Waals surface area contributed by atoms with E-state index in [4.69, 9.17) is 0 Å². The van der Waals surface area contributed by atoms with Crippen LogP contribution < -0.4 is 5.32 Å². The average molecular weight is 377 g/mol. The van der Waals surface area contributed by atoms with Crippen molar-refractivity contribution in [1.29, 1.82) is 0 Å². The monoisotopic (exact) mass is 377 g/mol. The molecule has 2 saturated heterocycles. The molecule has 1 unspecified atom stereocenters. The molecular formula is C23H27N3O2. The summed E-state index contributed by atoms with van der Waals surface area (Å²) >= 11 is 0. The van der Waals surface area contributed by atoms with E-state index < -0.39 is 0 Å². The number of rotatable bonds is 4. The summed E-state index contributed by atoms with van der Waals surface area (Å²) in [4.78, 5) is 31.6. The zero-order valence-corrected chi connectivity index (χ0v) is 16.5. The third kappa shape index (κ3) is 3.66. The first-order chi connectivity index (χ1) is 13.5. The maximum atomic E-state index is 13.1. The van der Waals surface area contributed by atoms with Crippen LogP contribution in [0.3, 0.4) is 0 Å². The van der Waals surface area contributed by atoms with Crippen molar-refractivity contribution >= 4 is 11.8 Å². The Morgan fingerprint density at radius 3 is 2.14 bits per heavy atom. The first kappa shape index (κ1) is 18.7. The molecule has 3 heterocycles. The van der Waals surface area contributed by atoms with Crippen LogP contribution in [0.1, 0.15) is 71.7 Å². The molecule has 1 aromatic heterocycles. The van der Waals surface area contributed by atoms with E-state index >= 15 is 0 Å². The Bertz CT molecular complexity index is 834. The van der Waals surface area contributed by atoms with Crippen LogP contribution in [-0.2, 0) is 0 Å². The molecule has 3 atom stereocenters. The number of amides is 2. The van der Waals surface area contributed by atoms with Crippen LogP contribution in [0.15, 0.2) is 48.8 Å². The van der Waals surface area contributed by atoms with Crippen LogP contribution in [0, 0.1) is 0 Å². The Labute approximate surface area is 166 Å². The van der Waals surface area contributed by atoms with Gasteiger partial charge < -0.3 is 10.2 Å². The second-order valence-electron chi connectivity index (χ2n) is 8.25. The number of nitrogens with zero attached hydrogens (tertiary/aromatic N) is 2. The van der Waals surface area contributed by atoms with Gasteiger partial charge in [0.2, 0.25) is 0 Å². The van der Waals surface area contributed by atoms with E-state index in [1.54, 1.807) is 24.5 Å². The van der Waals surface area contributed by atoms with Gasteiger partial charge in [0.1, 0.15) is 0 Å². The lowest BCUT2D eigenvalue weighted by atomic mass is 9.95. The summed E-state index contributed by atoms with van der Waals surface area (Å²) in [6.07, 6.45) is 6.94. The minimum Gasteiger partial charge on any atom is -0.349 e. The molecule has 2 bridgehead atoms. The molecule has 2 aromatic rings. The van der Waals surface area contributed by atoms with Crippen molar-refractivity contribution in [3.05, 3.63) is 65.5 Å². The second kappa shape index (κ2) is 7.74. The molecule has 1 N–H and O–H groups in total. The number of nitrogens with one attached hydrogen (secondary N) is 1. The zero-order valence-electron chi connectivity index (χ0n) is 16.5. The number of hydrogen-bond acceptors (Lipinski definition) is 3. The number of fused-ring (bicyclic) bond motifs is 2. The number of hydrogen-bond donors (Lipinski definition) is 1. The van der Waals surface area contributed by atoms with Crippen molar-refractivity contribution in [1.82, 2.24) is 15.2 Å². The smallest absolute Gasteiger partial charge is 0.254 e. The van der Waals surface area contributed by atoms with Crippen LogP contribution in [0.2, 0.25) is 0 Å². The van der Waals surface area contributed by atoms with Crippen molar-refractivity contribution < 1.29 is 9.59 Å². The summed E-state index contributed by atoms with van der Waals surface area (Å²) in [5, 5.41) is 3.15. The van der Waals surface area contributed by atoms with Gasteiger partial charge in [-0.25, -0.2) is 0 Å². The molecule has 0 saturated carbocycles.